The number of ether oxygens (including phenoxy) is 13. The molecule has 11 aromatic carbocycles. The molecule has 3 aromatic heterocycles. The lowest BCUT2D eigenvalue weighted by atomic mass is 10.0. The molecule has 26 nitrogen and oxygen atoms in total. The molecule has 4 heterocycles. The highest BCUT2D eigenvalue weighted by molar-refractivity contribution is 9.09. The van der Waals surface area contributed by atoms with Crippen LogP contribution in [0, 0.1) is 48.5 Å². The number of aromatic nitrogens is 3. The highest BCUT2D eigenvalue weighted by atomic mass is 79.9. The number of esters is 4. The number of phenols is 3. The third-order valence-corrected chi connectivity index (χ3v) is 23.2. The van der Waals surface area contributed by atoms with Crippen LogP contribution in [0.5, 0.6) is 69.0 Å². The summed E-state index contributed by atoms with van der Waals surface area (Å²) in [5.41, 5.74) is 23.2. The summed E-state index contributed by atoms with van der Waals surface area (Å²) in [7, 11) is 7.71. The van der Waals surface area contributed by atoms with E-state index in [-0.39, 0.29) is 50.5 Å². The second kappa shape index (κ2) is 57.2. The second-order valence-electron chi connectivity index (χ2n) is 32.4. The van der Waals surface area contributed by atoms with Gasteiger partial charge in [0.25, 0.3) is 0 Å². The Hall–Kier alpha value is -14.4. The SMILES string of the molecule is C.CCOC(=O)CBr.CCOC(=O)COc1ccc(C=O)cc1OC.CCOC(=O)COc1ccc(CCl)cc1OC.CCOC(=O)COc1ccc(Cn2c(-c3ccc(C)cc3)c(C)c3cc(C)ccc32)cc1OC.COc1cc(C=O)ccc1O.COc1cc(Cn2c(-c3ccc(O)cc3)c(C)c3cc(O)ccc32)ccc1OCCN1CCCCC1.Cc1ccc(-c2[nH]c3ccc(C)cc3c2C)cc1. The molecule has 1 fully saturated rings. The summed E-state index contributed by atoms with van der Waals surface area (Å²) < 4.78 is 72.0. The molecule has 0 amide bonds. The van der Waals surface area contributed by atoms with Crippen molar-refractivity contribution in [3.05, 3.63) is 285 Å². The minimum absolute atomic E-state index is 0. The van der Waals surface area contributed by atoms with Gasteiger partial charge in [0, 0.05) is 75.0 Å². The molecule has 1 aliphatic rings. The van der Waals surface area contributed by atoms with Crippen LogP contribution in [-0.2, 0) is 57.1 Å². The number of halogens is 2. The number of nitrogens with zero attached hydrogens (tertiary/aromatic N) is 3. The molecule has 15 rings (SSSR count). The Morgan fingerprint density at radius 2 is 0.773 bits per heavy atom. The molecule has 0 saturated carbocycles. The summed E-state index contributed by atoms with van der Waals surface area (Å²) >= 11 is 8.65. The second-order valence-corrected chi connectivity index (χ2v) is 33.3. The maximum atomic E-state index is 11.7. The molecule has 0 atom stereocenters. The number of hydrogen-bond donors (Lipinski definition) is 4. The number of carbonyl (C=O) groups excluding carboxylic acids is 6. The Balaban J connectivity index is 0.000000213. The summed E-state index contributed by atoms with van der Waals surface area (Å²) in [6.45, 7) is 28.1. The van der Waals surface area contributed by atoms with Gasteiger partial charge in [0.05, 0.1) is 73.4 Å². The summed E-state index contributed by atoms with van der Waals surface area (Å²) in [5, 5.41) is 32.9. The van der Waals surface area contributed by atoms with Crippen LogP contribution in [0.4, 0.5) is 0 Å². The lowest BCUT2D eigenvalue weighted by Gasteiger charge is -2.26. The van der Waals surface area contributed by atoms with Gasteiger partial charge in [-0.2, -0.15) is 0 Å². The molecule has 0 bridgehead atoms. The van der Waals surface area contributed by atoms with Crippen molar-refractivity contribution in [2.75, 3.05) is 113 Å². The largest absolute Gasteiger partial charge is 0.508 e. The Morgan fingerprint density at radius 3 is 1.23 bits per heavy atom. The van der Waals surface area contributed by atoms with Crippen LogP contribution >= 0.6 is 27.5 Å². The summed E-state index contributed by atoms with van der Waals surface area (Å²) in [6, 6.07) is 69.6. The van der Waals surface area contributed by atoms with E-state index in [9.17, 15) is 39.0 Å². The van der Waals surface area contributed by atoms with Crippen LogP contribution < -0.4 is 42.6 Å². The molecule has 0 spiro atoms. The number of hydrogen-bond acceptors (Lipinski definition) is 23. The Kier molecular flexibility index (Phi) is 45.4. The van der Waals surface area contributed by atoms with Gasteiger partial charge in [-0.1, -0.05) is 131 Å². The number of methoxy groups -OCH3 is 5. The van der Waals surface area contributed by atoms with Crippen molar-refractivity contribution in [3.63, 3.8) is 0 Å². The molecular weight excluding hydrogens is 1880 g/mol. The number of aryl methyl sites for hydroxylation is 7. The van der Waals surface area contributed by atoms with Crippen LogP contribution in [0.1, 0.15) is 131 Å². The standard InChI is InChI=1S/C30H34N2O4.C29H31NO4.C17H17N.C12H15ClO4.C12H14O5.C8H8O3.C4H7BrO2.CH4/c1-21-26-19-25(34)11-12-27(26)32(30(21)23-7-9-24(33)10-8-23)20-22-6-13-28(29(18-22)35-2)36-17-16-31-14-4-3-5-15-31;1-6-33-28(31)18-34-26-14-10-22(16-27(26)32-5)17-30-25-13-9-20(3)15-24(25)21(4)29(30)23-11-7-19(2)8-12-23;1-11-4-7-14(8-5-11)17-13(3)15-10-12(2)6-9-16(15)18-17;2*1-3-16-12(14)8-17-10-5-4-9(7-13)6-11(10)15-2;1-11-8-4-6(5-9)2-3-7(8)10;1-2-7-4(6)3-5;/h6-13,18-19,33-34H,3-5,14-17,20H2,1-2H3;7-16H,6,17-18H2,1-5H3;4-10,18H,1-3H3;4-6H,3,7-8H2,1-2H3;4-7H,3,8H2,1-2H3;2-5,10H,1H3;2-3H2,1H3;1H4. The van der Waals surface area contributed by atoms with E-state index in [0.717, 1.165) is 75.5 Å². The third-order valence-electron chi connectivity index (χ3n) is 22.5. The van der Waals surface area contributed by atoms with E-state index < -0.39 is 17.9 Å². The summed E-state index contributed by atoms with van der Waals surface area (Å²) in [6.07, 6.45) is 5.28. The van der Waals surface area contributed by atoms with Crippen molar-refractivity contribution < 1.29 is 106 Å². The van der Waals surface area contributed by atoms with Crippen molar-refractivity contribution in [2.24, 2.45) is 0 Å². The smallest absolute Gasteiger partial charge is 0.344 e. The predicted octanol–water partition coefficient (Wildman–Crippen LogP) is 23.6. The lowest BCUT2D eigenvalue weighted by Crippen LogP contribution is -2.33. The van der Waals surface area contributed by atoms with E-state index >= 15 is 0 Å². The number of benzene rings is 11. The molecule has 14 aromatic rings. The van der Waals surface area contributed by atoms with Crippen molar-refractivity contribution >= 4 is 96.7 Å². The Morgan fingerprint density at radius 1 is 0.390 bits per heavy atom. The maximum Gasteiger partial charge on any atom is 0.344 e. The number of piperidine rings is 1. The average Bonchev–Trinajstić information content (AvgIpc) is 1.55. The highest BCUT2D eigenvalue weighted by Gasteiger charge is 2.23. The van der Waals surface area contributed by atoms with E-state index in [1.807, 2.05) is 60.7 Å². The van der Waals surface area contributed by atoms with E-state index in [1.54, 1.807) is 84.4 Å². The molecule has 748 valence electrons. The van der Waals surface area contributed by atoms with Crippen LogP contribution in [0.3, 0.4) is 0 Å². The third kappa shape index (κ3) is 32.6. The minimum Gasteiger partial charge on any atom is -0.508 e. The number of phenolic OH excluding ortho intramolecular Hbond substituents is 3. The number of rotatable bonds is 33. The number of likely N-dealkylation sites (tertiary alicyclic amines) is 1. The average molecular weight is 2010 g/mol. The maximum absolute atomic E-state index is 11.7. The highest BCUT2D eigenvalue weighted by Crippen LogP contribution is 2.41. The zero-order valence-corrected chi connectivity index (χ0v) is 84.7. The monoisotopic (exact) mass is 2010 g/mol. The first kappa shape index (κ1) is 112. The minimum atomic E-state index is -0.450. The molecule has 141 heavy (non-hydrogen) atoms. The fraction of sp³-hybridized carbons (Fsp3) is 0.310. The normalized spacial score (nSPS) is 11.2. The number of aromatic hydroxyl groups is 3. The molecule has 0 unspecified atom stereocenters. The van der Waals surface area contributed by atoms with Gasteiger partial charge in [-0.25, -0.2) is 14.4 Å². The van der Waals surface area contributed by atoms with Crippen LogP contribution in [0.25, 0.3) is 66.5 Å². The molecule has 28 heteroatoms. The van der Waals surface area contributed by atoms with Gasteiger partial charge in [0.15, 0.2) is 77.3 Å². The van der Waals surface area contributed by atoms with E-state index in [0.29, 0.717) is 121 Å². The topological polar surface area (TPSA) is 312 Å². The van der Waals surface area contributed by atoms with Gasteiger partial charge in [-0.15, -0.1) is 11.6 Å². The number of aromatic amines is 1. The van der Waals surface area contributed by atoms with Crippen molar-refractivity contribution in [1.29, 1.82) is 0 Å². The predicted molar refractivity (Wildman–Crippen MR) is 559 cm³/mol. The van der Waals surface area contributed by atoms with Gasteiger partial charge in [-0.05, 0) is 292 Å². The van der Waals surface area contributed by atoms with Crippen molar-refractivity contribution in [2.45, 2.75) is 122 Å². The van der Waals surface area contributed by atoms with E-state index in [2.05, 4.69) is 179 Å². The van der Waals surface area contributed by atoms with Gasteiger partial charge >= 0.3 is 23.9 Å². The van der Waals surface area contributed by atoms with Gasteiger partial charge in [0.2, 0.25) is 0 Å². The van der Waals surface area contributed by atoms with Gasteiger partial charge in [0.1, 0.15) is 36.0 Å². The number of alkyl halides is 2. The number of aldehydes is 2. The van der Waals surface area contributed by atoms with E-state index in [1.165, 1.54) is 143 Å². The first-order chi connectivity index (χ1) is 67.6. The van der Waals surface area contributed by atoms with Crippen molar-refractivity contribution in [1.82, 2.24) is 19.0 Å². The Bertz CT molecular complexity index is 6420. The van der Waals surface area contributed by atoms with Crippen LogP contribution in [0.15, 0.2) is 218 Å². The Labute approximate surface area is 839 Å². The van der Waals surface area contributed by atoms with Crippen LogP contribution in [-0.4, -0.2) is 184 Å². The number of nitrogens with one attached hydrogen (secondary N) is 1. The number of H-pyrrole nitrogens is 1. The molecule has 0 aliphatic carbocycles. The zero-order valence-electron chi connectivity index (χ0n) is 82.4. The molecule has 1 saturated heterocycles. The fourth-order valence-electron chi connectivity index (χ4n) is 15.5. The van der Waals surface area contributed by atoms with E-state index in [4.69, 9.17) is 73.5 Å². The molecule has 4 N–H and O–H groups in total. The lowest BCUT2D eigenvalue weighted by molar-refractivity contribution is -0.146. The first-order valence-corrected chi connectivity index (χ1v) is 47.6. The summed E-state index contributed by atoms with van der Waals surface area (Å²) in [4.78, 5) is 70.9. The number of carbonyl (C=O) groups is 6. The zero-order chi connectivity index (χ0) is 101. The van der Waals surface area contributed by atoms with Crippen LogP contribution in [0.2, 0.25) is 0 Å². The fourth-order valence-corrected chi connectivity index (χ4v) is 15.8. The van der Waals surface area contributed by atoms with Crippen molar-refractivity contribution in [3.8, 4) is 103 Å². The quantitative estimate of drug-likeness (QED) is 0.0128. The summed E-state index contributed by atoms with van der Waals surface area (Å²) in [5.74, 6) is 4.19. The first-order valence-electron chi connectivity index (χ1n) is 46.0. The van der Waals surface area contributed by atoms with Gasteiger partial charge < -0.3 is 91.0 Å². The van der Waals surface area contributed by atoms with Gasteiger partial charge in [-0.3, -0.25) is 19.3 Å². The molecule has 1 aliphatic heterocycles. The molecule has 0 radical (unpaired) electrons. The molecular formula is C113H130BrClN4O22. The number of fused-ring (bicyclic) bond motifs is 3.